The van der Waals surface area contributed by atoms with Crippen molar-refractivity contribution in [1.82, 2.24) is 29.3 Å². The SMILES string of the molecule is CCOC(=O)c1cnn(-c2nc(NC3CCCCC3)c3ncn(C4OC(CO)C(O)C4O)c3n2)c1. The first-order chi connectivity index (χ1) is 17.0. The second kappa shape index (κ2) is 9.85. The molecule has 5 rings (SSSR count). The maximum absolute atomic E-state index is 12.1. The minimum atomic E-state index is -1.29. The van der Waals surface area contributed by atoms with Crippen molar-refractivity contribution in [3.8, 4) is 5.95 Å². The highest BCUT2D eigenvalue weighted by molar-refractivity contribution is 5.89. The molecular weight excluding hydrogens is 458 g/mol. The van der Waals surface area contributed by atoms with Crippen LogP contribution < -0.4 is 5.32 Å². The number of esters is 1. The van der Waals surface area contributed by atoms with Crippen molar-refractivity contribution >= 4 is 23.0 Å². The van der Waals surface area contributed by atoms with E-state index in [1.807, 2.05) is 0 Å². The van der Waals surface area contributed by atoms with Crippen molar-refractivity contribution in [1.29, 1.82) is 0 Å². The lowest BCUT2D eigenvalue weighted by Gasteiger charge is -2.23. The smallest absolute Gasteiger partial charge is 0.341 e. The molecule has 4 atom stereocenters. The summed E-state index contributed by atoms with van der Waals surface area (Å²) in [6.07, 6.45) is 5.28. The highest BCUT2D eigenvalue weighted by Crippen LogP contribution is 2.33. The number of aliphatic hydroxyl groups excluding tert-OH is 3. The molecule has 2 aliphatic rings. The lowest BCUT2D eigenvalue weighted by molar-refractivity contribution is -0.0511. The van der Waals surface area contributed by atoms with Gasteiger partial charge in [0.05, 0.1) is 31.3 Å². The average Bonchev–Trinajstić information content (AvgIpc) is 3.58. The number of carbonyl (C=O) groups excluding carboxylic acids is 1. The number of anilines is 1. The van der Waals surface area contributed by atoms with Crippen molar-refractivity contribution in [2.24, 2.45) is 0 Å². The van der Waals surface area contributed by atoms with Gasteiger partial charge < -0.3 is 30.1 Å². The molecule has 3 aromatic heterocycles. The van der Waals surface area contributed by atoms with E-state index in [4.69, 9.17) is 9.47 Å². The number of rotatable bonds is 7. The summed E-state index contributed by atoms with van der Waals surface area (Å²) in [6, 6.07) is 0.224. The molecule has 188 valence electrons. The third-order valence-corrected chi connectivity index (χ3v) is 6.45. The highest BCUT2D eigenvalue weighted by atomic mass is 16.6. The van der Waals surface area contributed by atoms with Gasteiger partial charge in [0.1, 0.15) is 18.3 Å². The summed E-state index contributed by atoms with van der Waals surface area (Å²) >= 11 is 0. The second-order valence-corrected chi connectivity index (χ2v) is 8.80. The number of imidazole rings is 1. The van der Waals surface area contributed by atoms with Crippen molar-refractivity contribution in [3.05, 3.63) is 24.3 Å². The minimum absolute atomic E-state index is 0.180. The molecule has 0 amide bonds. The van der Waals surface area contributed by atoms with E-state index in [-0.39, 0.29) is 24.2 Å². The van der Waals surface area contributed by atoms with E-state index in [9.17, 15) is 20.1 Å². The van der Waals surface area contributed by atoms with Gasteiger partial charge in [-0.05, 0) is 19.8 Å². The third-order valence-electron chi connectivity index (χ3n) is 6.45. The van der Waals surface area contributed by atoms with Crippen molar-refractivity contribution in [3.63, 3.8) is 0 Å². The Morgan fingerprint density at radius 3 is 2.74 bits per heavy atom. The lowest BCUT2D eigenvalue weighted by Crippen LogP contribution is -2.33. The first-order valence-corrected chi connectivity index (χ1v) is 11.9. The molecular formula is C22H29N7O6. The first kappa shape index (κ1) is 23.6. The Morgan fingerprint density at radius 2 is 2.03 bits per heavy atom. The first-order valence-electron chi connectivity index (χ1n) is 11.9. The monoisotopic (exact) mass is 487 g/mol. The normalized spacial score (nSPS) is 25.3. The van der Waals surface area contributed by atoms with E-state index in [1.165, 1.54) is 34.4 Å². The molecule has 4 unspecified atom stereocenters. The summed E-state index contributed by atoms with van der Waals surface area (Å²) in [5.41, 5.74) is 1.07. The summed E-state index contributed by atoms with van der Waals surface area (Å²) in [5.74, 6) is 0.173. The van der Waals surface area contributed by atoms with Crippen LogP contribution in [0.5, 0.6) is 0 Å². The van der Waals surface area contributed by atoms with Crippen LogP contribution in [0.15, 0.2) is 18.7 Å². The molecule has 1 saturated heterocycles. The Balaban J connectivity index is 1.57. The van der Waals surface area contributed by atoms with Gasteiger partial charge in [-0.2, -0.15) is 15.1 Å². The van der Waals surface area contributed by atoms with Crippen molar-refractivity contribution < 1.29 is 29.6 Å². The molecule has 4 heterocycles. The van der Waals surface area contributed by atoms with Crippen LogP contribution in [-0.2, 0) is 9.47 Å². The van der Waals surface area contributed by atoms with Crippen LogP contribution in [0, 0.1) is 0 Å². The van der Waals surface area contributed by atoms with Gasteiger partial charge in [0, 0.05) is 12.2 Å². The molecule has 0 radical (unpaired) electrons. The molecule has 13 heteroatoms. The third kappa shape index (κ3) is 4.47. The number of ether oxygens (including phenoxy) is 2. The fourth-order valence-corrected chi connectivity index (χ4v) is 4.60. The quantitative estimate of drug-likeness (QED) is 0.343. The number of aromatic nitrogens is 6. The molecule has 35 heavy (non-hydrogen) atoms. The van der Waals surface area contributed by atoms with Crippen LogP contribution >= 0.6 is 0 Å². The average molecular weight is 488 g/mol. The number of aliphatic hydroxyl groups is 3. The van der Waals surface area contributed by atoms with Gasteiger partial charge >= 0.3 is 5.97 Å². The Bertz CT molecular complexity index is 1190. The standard InChI is InChI=1S/C22H29N7O6/c1-2-34-21(33)12-8-24-29(9-12)22-26-18(25-13-6-4-3-5-7-13)15-19(27-22)28(11-23-15)20-17(32)16(31)14(10-30)35-20/h8-9,11,13-14,16-17,20,30-32H,2-7,10H2,1H3,(H,25,26,27). The molecule has 4 N–H and O–H groups in total. The highest BCUT2D eigenvalue weighted by Gasteiger charge is 2.44. The number of hydrogen-bond donors (Lipinski definition) is 4. The maximum atomic E-state index is 12.1. The van der Waals surface area contributed by atoms with Gasteiger partial charge in [-0.1, -0.05) is 19.3 Å². The van der Waals surface area contributed by atoms with E-state index in [0.717, 1.165) is 25.7 Å². The number of hydrogen-bond acceptors (Lipinski definition) is 11. The zero-order chi connectivity index (χ0) is 24.5. The Kier molecular flexibility index (Phi) is 6.65. The number of nitrogens with one attached hydrogen (secondary N) is 1. The lowest BCUT2D eigenvalue weighted by atomic mass is 9.95. The van der Waals surface area contributed by atoms with Crippen LogP contribution in [0.1, 0.15) is 55.6 Å². The van der Waals surface area contributed by atoms with Gasteiger partial charge in [0.15, 0.2) is 23.2 Å². The maximum Gasteiger partial charge on any atom is 0.341 e. The molecule has 2 fully saturated rings. The van der Waals surface area contributed by atoms with Crippen LogP contribution in [0.3, 0.4) is 0 Å². The predicted octanol–water partition coefficient (Wildman–Crippen LogP) is 0.545. The van der Waals surface area contributed by atoms with Crippen molar-refractivity contribution in [2.75, 3.05) is 18.5 Å². The molecule has 0 bridgehead atoms. The Morgan fingerprint density at radius 1 is 1.23 bits per heavy atom. The summed E-state index contributed by atoms with van der Waals surface area (Å²) in [7, 11) is 0. The predicted molar refractivity (Wildman–Crippen MR) is 122 cm³/mol. The van der Waals surface area contributed by atoms with E-state index >= 15 is 0 Å². The van der Waals surface area contributed by atoms with Crippen LogP contribution in [0.25, 0.3) is 17.1 Å². The number of carbonyl (C=O) groups is 1. The van der Waals surface area contributed by atoms with Gasteiger partial charge in [0.2, 0.25) is 0 Å². The Labute approximate surface area is 200 Å². The molecule has 1 saturated carbocycles. The fraction of sp³-hybridized carbons (Fsp3) is 0.591. The van der Waals surface area contributed by atoms with Crippen LogP contribution in [0.4, 0.5) is 5.82 Å². The molecule has 3 aromatic rings. The van der Waals surface area contributed by atoms with Gasteiger partial charge in [0.25, 0.3) is 5.95 Å². The summed E-state index contributed by atoms with van der Waals surface area (Å²) < 4.78 is 13.6. The molecule has 0 spiro atoms. The largest absolute Gasteiger partial charge is 0.462 e. The van der Waals surface area contributed by atoms with E-state index in [2.05, 4.69) is 25.4 Å². The summed E-state index contributed by atoms with van der Waals surface area (Å²) in [6.45, 7) is 1.52. The molecule has 13 nitrogen and oxygen atoms in total. The molecule has 1 aliphatic heterocycles. The van der Waals surface area contributed by atoms with E-state index in [0.29, 0.717) is 17.0 Å². The number of fused-ring (bicyclic) bond motifs is 1. The zero-order valence-electron chi connectivity index (χ0n) is 19.3. The van der Waals surface area contributed by atoms with Crippen LogP contribution in [0.2, 0.25) is 0 Å². The van der Waals surface area contributed by atoms with Gasteiger partial charge in [-0.25, -0.2) is 14.5 Å². The summed E-state index contributed by atoms with van der Waals surface area (Å²) in [4.78, 5) is 25.8. The van der Waals surface area contributed by atoms with Gasteiger partial charge in [-0.15, -0.1) is 0 Å². The second-order valence-electron chi connectivity index (χ2n) is 8.80. The molecule has 1 aliphatic carbocycles. The fourth-order valence-electron chi connectivity index (χ4n) is 4.60. The van der Waals surface area contributed by atoms with Crippen LogP contribution in [-0.4, -0.2) is 88.2 Å². The Hall–Kier alpha value is -3.13. The molecule has 0 aromatic carbocycles. The van der Waals surface area contributed by atoms with Gasteiger partial charge in [-0.3, -0.25) is 4.57 Å². The number of nitrogens with zero attached hydrogens (tertiary/aromatic N) is 6. The van der Waals surface area contributed by atoms with E-state index < -0.39 is 37.1 Å². The summed E-state index contributed by atoms with van der Waals surface area (Å²) in [5, 5.41) is 38.0. The van der Waals surface area contributed by atoms with E-state index in [1.54, 1.807) is 6.92 Å². The minimum Gasteiger partial charge on any atom is -0.462 e. The van der Waals surface area contributed by atoms with Crippen molar-refractivity contribution in [2.45, 2.75) is 69.6 Å². The topological polar surface area (TPSA) is 170 Å². The zero-order valence-corrected chi connectivity index (χ0v) is 19.3.